The Labute approximate surface area is 151 Å². The van der Waals surface area contributed by atoms with Gasteiger partial charge in [-0.2, -0.15) is 13.2 Å². The van der Waals surface area contributed by atoms with Crippen LogP contribution >= 0.6 is 0 Å². The molecule has 1 atom stereocenters. The van der Waals surface area contributed by atoms with E-state index >= 15 is 0 Å². The van der Waals surface area contributed by atoms with Crippen molar-refractivity contribution < 1.29 is 23.0 Å². The fourth-order valence-corrected chi connectivity index (χ4v) is 3.13. The third-order valence-electron chi connectivity index (χ3n) is 4.49. The number of hydrogen-bond donors (Lipinski definition) is 1. The first kappa shape index (κ1) is 18.7. The van der Waals surface area contributed by atoms with Gasteiger partial charge in [-0.05, 0) is 61.3 Å². The number of aliphatic hydroxyl groups is 1. The maximum absolute atomic E-state index is 12.8. The SMILES string of the molecule is OC(COc1ccc(-c2cccc(C(F)(F)F)c2)cc1)CN1CCCC1. The van der Waals surface area contributed by atoms with Gasteiger partial charge in [0.05, 0.1) is 5.56 Å². The molecule has 6 heteroatoms. The van der Waals surface area contributed by atoms with Crippen molar-refractivity contribution in [2.45, 2.75) is 25.1 Å². The summed E-state index contributed by atoms with van der Waals surface area (Å²) in [6.07, 6.45) is -2.57. The summed E-state index contributed by atoms with van der Waals surface area (Å²) in [6, 6.07) is 12.1. The zero-order valence-electron chi connectivity index (χ0n) is 14.4. The van der Waals surface area contributed by atoms with Gasteiger partial charge in [0.1, 0.15) is 18.5 Å². The average Bonchev–Trinajstić information content (AvgIpc) is 3.13. The smallest absolute Gasteiger partial charge is 0.416 e. The summed E-state index contributed by atoms with van der Waals surface area (Å²) in [5.74, 6) is 0.584. The Bertz CT molecular complexity index is 710. The number of nitrogens with zero attached hydrogens (tertiary/aromatic N) is 1. The van der Waals surface area contributed by atoms with Gasteiger partial charge in [-0.3, -0.25) is 0 Å². The highest BCUT2D eigenvalue weighted by Crippen LogP contribution is 2.32. The van der Waals surface area contributed by atoms with Crippen molar-refractivity contribution in [3.05, 3.63) is 54.1 Å². The van der Waals surface area contributed by atoms with Crippen molar-refractivity contribution in [1.29, 1.82) is 0 Å². The molecule has 0 amide bonds. The second kappa shape index (κ2) is 8.10. The van der Waals surface area contributed by atoms with Gasteiger partial charge in [0, 0.05) is 6.54 Å². The van der Waals surface area contributed by atoms with E-state index in [0.29, 0.717) is 23.4 Å². The summed E-state index contributed by atoms with van der Waals surface area (Å²) in [6.45, 7) is 2.83. The molecule has 140 valence electrons. The van der Waals surface area contributed by atoms with Crippen LogP contribution in [-0.2, 0) is 6.18 Å². The van der Waals surface area contributed by atoms with Gasteiger partial charge in [-0.1, -0.05) is 24.3 Å². The van der Waals surface area contributed by atoms with Crippen LogP contribution in [0.2, 0.25) is 0 Å². The molecule has 1 saturated heterocycles. The highest BCUT2D eigenvalue weighted by Gasteiger charge is 2.30. The van der Waals surface area contributed by atoms with Crippen LogP contribution in [0.25, 0.3) is 11.1 Å². The van der Waals surface area contributed by atoms with E-state index in [1.165, 1.54) is 18.9 Å². The molecular formula is C20H22F3NO2. The van der Waals surface area contributed by atoms with E-state index in [2.05, 4.69) is 4.90 Å². The predicted octanol–water partition coefficient (Wildman–Crippen LogP) is 4.21. The van der Waals surface area contributed by atoms with E-state index in [-0.39, 0.29) is 6.61 Å². The van der Waals surface area contributed by atoms with E-state index < -0.39 is 17.8 Å². The van der Waals surface area contributed by atoms with Gasteiger partial charge in [0.2, 0.25) is 0 Å². The predicted molar refractivity (Wildman–Crippen MR) is 94.1 cm³/mol. The summed E-state index contributed by atoms with van der Waals surface area (Å²) < 4.78 is 44.1. The summed E-state index contributed by atoms with van der Waals surface area (Å²) in [5, 5.41) is 10.0. The minimum atomic E-state index is -4.36. The zero-order valence-corrected chi connectivity index (χ0v) is 14.4. The molecule has 0 radical (unpaired) electrons. The van der Waals surface area contributed by atoms with Crippen LogP contribution in [0.15, 0.2) is 48.5 Å². The van der Waals surface area contributed by atoms with Crippen molar-refractivity contribution in [1.82, 2.24) is 4.90 Å². The Hall–Kier alpha value is -2.05. The van der Waals surface area contributed by atoms with Crippen LogP contribution in [0.5, 0.6) is 5.75 Å². The number of aliphatic hydroxyl groups excluding tert-OH is 1. The maximum Gasteiger partial charge on any atom is 0.416 e. The second-order valence-electron chi connectivity index (χ2n) is 6.58. The van der Waals surface area contributed by atoms with Crippen molar-refractivity contribution >= 4 is 0 Å². The van der Waals surface area contributed by atoms with E-state index in [1.807, 2.05) is 0 Å². The molecule has 2 aromatic rings. The van der Waals surface area contributed by atoms with Crippen molar-refractivity contribution in [2.24, 2.45) is 0 Å². The topological polar surface area (TPSA) is 32.7 Å². The quantitative estimate of drug-likeness (QED) is 0.833. The molecule has 3 rings (SSSR count). The lowest BCUT2D eigenvalue weighted by Crippen LogP contribution is -2.33. The molecule has 1 aliphatic heterocycles. The molecule has 1 aliphatic rings. The number of rotatable bonds is 6. The Morgan fingerprint density at radius 1 is 1.00 bits per heavy atom. The molecule has 3 nitrogen and oxygen atoms in total. The van der Waals surface area contributed by atoms with Crippen molar-refractivity contribution in [3.8, 4) is 16.9 Å². The number of alkyl halides is 3. The van der Waals surface area contributed by atoms with E-state index in [1.54, 1.807) is 30.3 Å². The lowest BCUT2D eigenvalue weighted by Gasteiger charge is -2.19. The molecule has 0 saturated carbocycles. The van der Waals surface area contributed by atoms with E-state index in [9.17, 15) is 18.3 Å². The first-order valence-corrected chi connectivity index (χ1v) is 8.73. The molecule has 1 unspecified atom stereocenters. The normalized spacial score (nSPS) is 16.6. The minimum Gasteiger partial charge on any atom is -0.491 e. The van der Waals surface area contributed by atoms with Crippen LogP contribution in [0.1, 0.15) is 18.4 Å². The highest BCUT2D eigenvalue weighted by atomic mass is 19.4. The molecule has 0 aliphatic carbocycles. The first-order valence-electron chi connectivity index (χ1n) is 8.73. The number of ether oxygens (including phenoxy) is 1. The highest BCUT2D eigenvalue weighted by molar-refractivity contribution is 5.65. The fraction of sp³-hybridized carbons (Fsp3) is 0.400. The standard InChI is InChI=1S/C20H22F3NO2/c21-20(22,23)17-5-3-4-16(12-17)15-6-8-19(9-7-15)26-14-18(25)13-24-10-1-2-11-24/h3-9,12,18,25H,1-2,10-11,13-14H2. The average molecular weight is 365 g/mol. The lowest BCUT2D eigenvalue weighted by atomic mass is 10.0. The Balaban J connectivity index is 1.58. The summed E-state index contributed by atoms with van der Waals surface area (Å²) in [7, 11) is 0. The zero-order chi connectivity index (χ0) is 18.6. The van der Waals surface area contributed by atoms with Gasteiger partial charge >= 0.3 is 6.18 Å². The fourth-order valence-electron chi connectivity index (χ4n) is 3.13. The summed E-state index contributed by atoms with van der Waals surface area (Å²) in [4.78, 5) is 2.21. The number of hydrogen-bond acceptors (Lipinski definition) is 3. The molecule has 1 N–H and O–H groups in total. The molecule has 1 heterocycles. The van der Waals surface area contributed by atoms with E-state index in [0.717, 1.165) is 25.2 Å². The third kappa shape index (κ3) is 4.99. The minimum absolute atomic E-state index is 0.194. The van der Waals surface area contributed by atoms with Gasteiger partial charge in [0.25, 0.3) is 0 Å². The van der Waals surface area contributed by atoms with Gasteiger partial charge < -0.3 is 14.7 Å². The molecule has 0 spiro atoms. The monoisotopic (exact) mass is 365 g/mol. The van der Waals surface area contributed by atoms with Gasteiger partial charge in [0.15, 0.2) is 0 Å². The second-order valence-corrected chi connectivity index (χ2v) is 6.58. The van der Waals surface area contributed by atoms with Gasteiger partial charge in [-0.15, -0.1) is 0 Å². The maximum atomic E-state index is 12.8. The molecule has 26 heavy (non-hydrogen) atoms. The van der Waals surface area contributed by atoms with Gasteiger partial charge in [-0.25, -0.2) is 0 Å². The molecular weight excluding hydrogens is 343 g/mol. The third-order valence-corrected chi connectivity index (χ3v) is 4.49. The molecule has 0 aromatic heterocycles. The Kier molecular flexibility index (Phi) is 5.84. The Morgan fingerprint density at radius 3 is 2.35 bits per heavy atom. The van der Waals surface area contributed by atoms with Crippen molar-refractivity contribution in [3.63, 3.8) is 0 Å². The molecule has 2 aromatic carbocycles. The number of halogens is 3. The van der Waals surface area contributed by atoms with Crippen LogP contribution < -0.4 is 4.74 Å². The summed E-state index contributed by atoms with van der Waals surface area (Å²) in [5.41, 5.74) is 0.516. The van der Waals surface area contributed by atoms with Crippen LogP contribution in [0.3, 0.4) is 0 Å². The number of β-amino-alcohol motifs (C(OH)–C–C–N with tert-alkyl or cyclic N) is 1. The molecule has 1 fully saturated rings. The molecule has 0 bridgehead atoms. The first-order chi connectivity index (χ1) is 12.4. The largest absolute Gasteiger partial charge is 0.491 e. The van der Waals surface area contributed by atoms with Crippen LogP contribution in [-0.4, -0.2) is 42.4 Å². The van der Waals surface area contributed by atoms with Crippen LogP contribution in [0, 0.1) is 0 Å². The number of benzene rings is 2. The Morgan fingerprint density at radius 2 is 1.69 bits per heavy atom. The van der Waals surface area contributed by atoms with Crippen LogP contribution in [0.4, 0.5) is 13.2 Å². The summed E-state index contributed by atoms with van der Waals surface area (Å²) >= 11 is 0. The van der Waals surface area contributed by atoms with E-state index in [4.69, 9.17) is 4.74 Å². The number of likely N-dealkylation sites (tertiary alicyclic amines) is 1. The van der Waals surface area contributed by atoms with Crippen molar-refractivity contribution in [2.75, 3.05) is 26.2 Å². The lowest BCUT2D eigenvalue weighted by molar-refractivity contribution is -0.137.